The van der Waals surface area contributed by atoms with Crippen molar-refractivity contribution in [3.05, 3.63) is 35.4 Å². The third-order valence-electron chi connectivity index (χ3n) is 1.91. The van der Waals surface area contributed by atoms with E-state index in [0.717, 1.165) is 12.1 Å². The zero-order valence-electron chi connectivity index (χ0n) is 7.62. The molecule has 1 aromatic rings. The molecule has 1 atom stereocenters. The number of hydrogen-bond acceptors (Lipinski definition) is 2. The molecule has 0 saturated carbocycles. The molecule has 0 aliphatic carbocycles. The maximum absolute atomic E-state index is 12.2. The summed E-state index contributed by atoms with van der Waals surface area (Å²) in [6.45, 7) is 0. The maximum Gasteiger partial charge on any atom is 0.416 e. The smallest absolute Gasteiger partial charge is 0.387 e. The van der Waals surface area contributed by atoms with E-state index in [1.807, 2.05) is 0 Å². The standard InChI is InChI=1S/C10H8F3NO/c11-10(12,13)8-3-1-7(2-4-8)9(15)5-6-14/h1-4,9,15H,5H2. The van der Waals surface area contributed by atoms with Gasteiger partial charge in [-0.3, -0.25) is 0 Å². The van der Waals surface area contributed by atoms with E-state index in [2.05, 4.69) is 0 Å². The topological polar surface area (TPSA) is 44.0 Å². The number of alkyl halides is 3. The van der Waals surface area contributed by atoms with Gasteiger partial charge in [0.05, 0.1) is 24.2 Å². The zero-order chi connectivity index (χ0) is 11.5. The highest BCUT2D eigenvalue weighted by Gasteiger charge is 2.30. The van der Waals surface area contributed by atoms with Gasteiger partial charge >= 0.3 is 6.18 Å². The summed E-state index contributed by atoms with van der Waals surface area (Å²) in [6, 6.07) is 5.85. The monoisotopic (exact) mass is 215 g/mol. The summed E-state index contributed by atoms with van der Waals surface area (Å²) in [4.78, 5) is 0. The highest BCUT2D eigenvalue weighted by atomic mass is 19.4. The Labute approximate surface area is 84.6 Å². The Bertz CT molecular complexity index is 364. The minimum absolute atomic E-state index is 0.134. The third kappa shape index (κ3) is 2.96. The SMILES string of the molecule is N#CCC(O)c1ccc(C(F)(F)F)cc1. The molecule has 0 saturated heterocycles. The number of aliphatic hydroxyl groups excluding tert-OH is 1. The van der Waals surface area contributed by atoms with Crippen molar-refractivity contribution in [2.24, 2.45) is 0 Å². The fourth-order valence-electron chi connectivity index (χ4n) is 1.10. The molecule has 0 amide bonds. The van der Waals surface area contributed by atoms with Crippen LogP contribution >= 0.6 is 0 Å². The summed E-state index contributed by atoms with van der Waals surface area (Å²) in [7, 11) is 0. The van der Waals surface area contributed by atoms with E-state index in [1.165, 1.54) is 12.1 Å². The first kappa shape index (κ1) is 11.5. The van der Waals surface area contributed by atoms with Gasteiger partial charge in [0.25, 0.3) is 0 Å². The molecule has 1 rings (SSSR count). The van der Waals surface area contributed by atoms with Crippen molar-refractivity contribution in [2.75, 3.05) is 0 Å². The second kappa shape index (κ2) is 4.32. The van der Waals surface area contributed by atoms with Crippen molar-refractivity contribution in [3.8, 4) is 6.07 Å². The molecule has 80 valence electrons. The van der Waals surface area contributed by atoms with Crippen molar-refractivity contribution < 1.29 is 18.3 Å². The van der Waals surface area contributed by atoms with Crippen LogP contribution in [-0.4, -0.2) is 5.11 Å². The predicted molar refractivity (Wildman–Crippen MR) is 46.6 cm³/mol. The minimum Gasteiger partial charge on any atom is -0.387 e. The van der Waals surface area contributed by atoms with Crippen molar-refractivity contribution >= 4 is 0 Å². The second-order valence-corrected chi connectivity index (χ2v) is 3.00. The van der Waals surface area contributed by atoms with Crippen LogP contribution in [0.5, 0.6) is 0 Å². The van der Waals surface area contributed by atoms with Gasteiger partial charge in [-0.2, -0.15) is 18.4 Å². The van der Waals surface area contributed by atoms with Crippen LogP contribution in [0.4, 0.5) is 13.2 Å². The van der Waals surface area contributed by atoms with Gasteiger partial charge in [0.1, 0.15) is 0 Å². The van der Waals surface area contributed by atoms with Crippen LogP contribution < -0.4 is 0 Å². The largest absolute Gasteiger partial charge is 0.416 e. The molecule has 0 aliphatic rings. The zero-order valence-corrected chi connectivity index (χ0v) is 7.62. The van der Waals surface area contributed by atoms with Crippen LogP contribution in [0.25, 0.3) is 0 Å². The maximum atomic E-state index is 12.2. The summed E-state index contributed by atoms with van der Waals surface area (Å²) in [5.74, 6) is 0. The fourth-order valence-corrected chi connectivity index (χ4v) is 1.10. The first-order valence-corrected chi connectivity index (χ1v) is 4.17. The molecule has 15 heavy (non-hydrogen) atoms. The first-order valence-electron chi connectivity index (χ1n) is 4.17. The number of rotatable bonds is 2. The summed E-state index contributed by atoms with van der Waals surface area (Å²) in [5, 5.41) is 17.6. The molecule has 0 spiro atoms. The Morgan fingerprint density at radius 3 is 2.20 bits per heavy atom. The van der Waals surface area contributed by atoms with Gasteiger partial charge in [-0.05, 0) is 17.7 Å². The van der Waals surface area contributed by atoms with Crippen molar-refractivity contribution in [3.63, 3.8) is 0 Å². The molecule has 5 heteroatoms. The molecule has 0 radical (unpaired) electrons. The second-order valence-electron chi connectivity index (χ2n) is 3.00. The van der Waals surface area contributed by atoms with Crippen LogP contribution in [0, 0.1) is 11.3 Å². The molecule has 2 nitrogen and oxygen atoms in total. The molecule has 0 heterocycles. The number of nitriles is 1. The Morgan fingerprint density at radius 2 is 1.80 bits per heavy atom. The van der Waals surface area contributed by atoms with Gasteiger partial charge in [0.2, 0.25) is 0 Å². The number of aliphatic hydroxyl groups is 1. The van der Waals surface area contributed by atoms with Gasteiger partial charge < -0.3 is 5.11 Å². The number of benzene rings is 1. The number of halogens is 3. The highest BCUT2D eigenvalue weighted by Crippen LogP contribution is 2.30. The van der Waals surface area contributed by atoms with Crippen molar-refractivity contribution in [2.45, 2.75) is 18.7 Å². The van der Waals surface area contributed by atoms with E-state index in [1.54, 1.807) is 6.07 Å². The van der Waals surface area contributed by atoms with Crippen LogP contribution in [0.1, 0.15) is 23.7 Å². The number of nitrogens with zero attached hydrogens (tertiary/aromatic N) is 1. The number of hydrogen-bond donors (Lipinski definition) is 1. The summed E-state index contributed by atoms with van der Waals surface area (Å²) >= 11 is 0. The average molecular weight is 215 g/mol. The Balaban J connectivity index is 2.87. The predicted octanol–water partition coefficient (Wildman–Crippen LogP) is 2.65. The molecule has 0 aromatic heterocycles. The van der Waals surface area contributed by atoms with E-state index in [4.69, 9.17) is 5.26 Å². The fraction of sp³-hybridized carbons (Fsp3) is 0.300. The van der Waals surface area contributed by atoms with E-state index >= 15 is 0 Å². The highest BCUT2D eigenvalue weighted by molar-refractivity contribution is 5.26. The van der Waals surface area contributed by atoms with E-state index in [-0.39, 0.29) is 6.42 Å². The lowest BCUT2D eigenvalue weighted by Crippen LogP contribution is -2.05. The Morgan fingerprint density at radius 1 is 1.27 bits per heavy atom. The Hall–Kier alpha value is -1.54. The van der Waals surface area contributed by atoms with Gasteiger partial charge in [0.15, 0.2) is 0 Å². The van der Waals surface area contributed by atoms with E-state index in [9.17, 15) is 18.3 Å². The molecule has 0 aliphatic heterocycles. The van der Waals surface area contributed by atoms with Gasteiger partial charge in [-0.15, -0.1) is 0 Å². The van der Waals surface area contributed by atoms with Crippen LogP contribution in [0.15, 0.2) is 24.3 Å². The quantitative estimate of drug-likeness (QED) is 0.824. The summed E-state index contributed by atoms with van der Waals surface area (Å²) in [5.41, 5.74) is -0.458. The van der Waals surface area contributed by atoms with Crippen LogP contribution in [-0.2, 0) is 6.18 Å². The lowest BCUT2D eigenvalue weighted by atomic mass is 10.1. The van der Waals surface area contributed by atoms with Crippen LogP contribution in [0.3, 0.4) is 0 Å². The third-order valence-corrected chi connectivity index (χ3v) is 1.91. The molecule has 0 bridgehead atoms. The van der Waals surface area contributed by atoms with Gasteiger partial charge in [0, 0.05) is 0 Å². The summed E-state index contributed by atoms with van der Waals surface area (Å²) < 4.78 is 36.5. The summed E-state index contributed by atoms with van der Waals surface area (Å²) in [6.07, 6.45) is -5.54. The lowest BCUT2D eigenvalue weighted by molar-refractivity contribution is -0.137. The minimum atomic E-state index is -4.38. The van der Waals surface area contributed by atoms with Gasteiger partial charge in [-0.25, -0.2) is 0 Å². The average Bonchev–Trinajstić information content (AvgIpc) is 2.17. The molecule has 0 fully saturated rings. The van der Waals surface area contributed by atoms with E-state index in [0.29, 0.717) is 5.56 Å². The lowest BCUT2D eigenvalue weighted by Gasteiger charge is -2.09. The normalized spacial score (nSPS) is 13.3. The molecule has 1 unspecified atom stereocenters. The molecular weight excluding hydrogens is 207 g/mol. The van der Waals surface area contributed by atoms with Crippen molar-refractivity contribution in [1.29, 1.82) is 5.26 Å². The molecule has 1 aromatic carbocycles. The Kier molecular flexibility index (Phi) is 3.32. The molecule has 1 N–H and O–H groups in total. The van der Waals surface area contributed by atoms with Crippen molar-refractivity contribution in [1.82, 2.24) is 0 Å². The molecular formula is C10H8F3NO. The first-order chi connectivity index (χ1) is 6.95. The van der Waals surface area contributed by atoms with Gasteiger partial charge in [-0.1, -0.05) is 12.1 Å². The van der Waals surface area contributed by atoms with E-state index < -0.39 is 17.8 Å². The van der Waals surface area contributed by atoms with Crippen LogP contribution in [0.2, 0.25) is 0 Å².